The lowest BCUT2D eigenvalue weighted by Crippen LogP contribution is -2.23. The van der Waals surface area contributed by atoms with Gasteiger partial charge in [-0.05, 0) is 49.4 Å². The van der Waals surface area contributed by atoms with Crippen LogP contribution in [0.25, 0.3) is 22.2 Å². The van der Waals surface area contributed by atoms with Crippen molar-refractivity contribution in [1.82, 2.24) is 19.1 Å². The number of fused-ring (bicyclic) bond motifs is 1. The standard InChI is InChI=1S/C29H21ClN6O2/c1-18-13-22(26-9-8-20(15-32)35(26)2)21-6-3-7-27(28(21)34-18)38-17-23-24(30)10-11-33-25(23)16-36-12-4-5-19(14-31)29(36)37/h3-13H,16-17H2,1-2H3. The number of aromatic nitrogens is 4. The number of nitriles is 2. The minimum absolute atomic E-state index is 0.0560. The summed E-state index contributed by atoms with van der Waals surface area (Å²) in [5.74, 6) is 0.566. The molecule has 0 atom stereocenters. The molecule has 0 aliphatic rings. The Bertz CT molecular complexity index is 1840. The van der Waals surface area contributed by atoms with Gasteiger partial charge in [-0.15, -0.1) is 0 Å². The molecular formula is C29H21ClN6O2. The molecule has 0 saturated carbocycles. The van der Waals surface area contributed by atoms with Crippen LogP contribution < -0.4 is 10.3 Å². The minimum atomic E-state index is -0.398. The highest BCUT2D eigenvalue weighted by Gasteiger charge is 2.16. The van der Waals surface area contributed by atoms with E-state index in [-0.39, 0.29) is 18.7 Å². The molecule has 0 amide bonds. The van der Waals surface area contributed by atoms with Gasteiger partial charge in [0.05, 0.1) is 17.3 Å². The van der Waals surface area contributed by atoms with Crippen LogP contribution in [-0.4, -0.2) is 19.1 Å². The van der Waals surface area contributed by atoms with Crippen molar-refractivity contribution in [3.8, 4) is 29.1 Å². The highest BCUT2D eigenvalue weighted by atomic mass is 35.5. The van der Waals surface area contributed by atoms with Crippen molar-refractivity contribution in [2.75, 3.05) is 0 Å². The molecule has 0 radical (unpaired) electrons. The van der Waals surface area contributed by atoms with E-state index in [1.807, 2.05) is 54.9 Å². The fraction of sp³-hybridized carbons (Fsp3) is 0.138. The zero-order chi connectivity index (χ0) is 26.8. The van der Waals surface area contributed by atoms with E-state index < -0.39 is 5.56 Å². The third-order valence-electron chi connectivity index (χ3n) is 6.36. The molecular weight excluding hydrogens is 500 g/mol. The first kappa shape index (κ1) is 24.8. The molecule has 9 heteroatoms. The van der Waals surface area contributed by atoms with E-state index in [1.54, 1.807) is 30.6 Å². The average molecular weight is 521 g/mol. The Labute approximate surface area is 223 Å². The summed E-state index contributed by atoms with van der Waals surface area (Å²) in [7, 11) is 1.86. The van der Waals surface area contributed by atoms with E-state index in [0.717, 1.165) is 22.3 Å². The van der Waals surface area contributed by atoms with Gasteiger partial charge in [0.1, 0.15) is 41.3 Å². The van der Waals surface area contributed by atoms with E-state index in [0.29, 0.717) is 33.2 Å². The number of ether oxygens (including phenoxy) is 1. The van der Waals surface area contributed by atoms with Gasteiger partial charge in [0.15, 0.2) is 0 Å². The Morgan fingerprint density at radius 3 is 2.68 bits per heavy atom. The summed E-state index contributed by atoms with van der Waals surface area (Å²) in [4.78, 5) is 21.8. The Hall–Kier alpha value is -4.92. The van der Waals surface area contributed by atoms with Gasteiger partial charge in [-0.1, -0.05) is 23.7 Å². The molecule has 38 heavy (non-hydrogen) atoms. The Morgan fingerprint density at radius 2 is 1.92 bits per heavy atom. The van der Waals surface area contributed by atoms with E-state index in [2.05, 4.69) is 11.1 Å². The lowest BCUT2D eigenvalue weighted by atomic mass is 10.0. The van der Waals surface area contributed by atoms with Crippen molar-refractivity contribution in [3.05, 3.63) is 111 Å². The van der Waals surface area contributed by atoms with Crippen LogP contribution >= 0.6 is 11.6 Å². The SMILES string of the molecule is Cc1cc(-c2ccc(C#N)n2C)c2cccc(OCc3c(Cl)ccnc3Cn3cccc(C#N)c3=O)c2n1. The molecule has 5 rings (SSSR count). The van der Waals surface area contributed by atoms with E-state index in [9.17, 15) is 15.3 Å². The van der Waals surface area contributed by atoms with Gasteiger partial charge < -0.3 is 13.9 Å². The molecule has 0 fully saturated rings. The first-order chi connectivity index (χ1) is 18.4. The molecule has 0 unspecified atom stereocenters. The first-order valence-corrected chi connectivity index (χ1v) is 12.1. The molecule has 186 valence electrons. The fourth-order valence-electron chi connectivity index (χ4n) is 4.43. The second-order valence-electron chi connectivity index (χ2n) is 8.71. The summed E-state index contributed by atoms with van der Waals surface area (Å²) in [6.07, 6.45) is 3.18. The Kier molecular flexibility index (Phi) is 6.66. The van der Waals surface area contributed by atoms with E-state index in [1.165, 1.54) is 10.6 Å². The van der Waals surface area contributed by atoms with Gasteiger partial charge in [-0.2, -0.15) is 10.5 Å². The van der Waals surface area contributed by atoms with Gasteiger partial charge in [0, 0.05) is 47.3 Å². The second-order valence-corrected chi connectivity index (χ2v) is 9.12. The zero-order valence-corrected chi connectivity index (χ0v) is 21.4. The molecule has 8 nitrogen and oxygen atoms in total. The topological polar surface area (TPSA) is 110 Å². The lowest BCUT2D eigenvalue weighted by molar-refractivity contribution is 0.307. The van der Waals surface area contributed by atoms with Crippen molar-refractivity contribution in [2.24, 2.45) is 7.05 Å². The smallest absolute Gasteiger partial charge is 0.268 e. The molecule has 0 saturated heterocycles. The van der Waals surface area contributed by atoms with Gasteiger partial charge in [-0.25, -0.2) is 4.98 Å². The zero-order valence-electron chi connectivity index (χ0n) is 20.6. The van der Waals surface area contributed by atoms with Crippen LogP contribution in [0.2, 0.25) is 5.02 Å². The summed E-state index contributed by atoms with van der Waals surface area (Å²) in [5.41, 5.74) is 4.75. The van der Waals surface area contributed by atoms with Crippen LogP contribution in [0.5, 0.6) is 5.75 Å². The van der Waals surface area contributed by atoms with Crippen molar-refractivity contribution in [3.63, 3.8) is 0 Å². The number of hydrogen-bond acceptors (Lipinski definition) is 6. The van der Waals surface area contributed by atoms with Crippen LogP contribution in [0.4, 0.5) is 0 Å². The number of nitrogens with zero attached hydrogens (tertiary/aromatic N) is 6. The van der Waals surface area contributed by atoms with Crippen LogP contribution in [0.15, 0.2) is 71.8 Å². The molecule has 1 aromatic carbocycles. The maximum atomic E-state index is 12.6. The van der Waals surface area contributed by atoms with Gasteiger partial charge in [0.2, 0.25) is 0 Å². The number of rotatable bonds is 6. The summed E-state index contributed by atoms with van der Waals surface area (Å²) < 4.78 is 9.53. The Morgan fingerprint density at radius 1 is 1.08 bits per heavy atom. The van der Waals surface area contributed by atoms with Crippen LogP contribution in [-0.2, 0) is 20.2 Å². The summed E-state index contributed by atoms with van der Waals surface area (Å²) in [6.45, 7) is 2.15. The molecule has 0 bridgehead atoms. The molecule has 0 spiro atoms. The van der Waals surface area contributed by atoms with E-state index >= 15 is 0 Å². The first-order valence-electron chi connectivity index (χ1n) is 11.7. The lowest BCUT2D eigenvalue weighted by Gasteiger charge is -2.15. The van der Waals surface area contributed by atoms with Crippen molar-refractivity contribution in [1.29, 1.82) is 10.5 Å². The number of aryl methyl sites for hydroxylation is 1. The number of hydrogen-bond donors (Lipinski definition) is 0. The fourth-order valence-corrected chi connectivity index (χ4v) is 4.65. The third kappa shape index (κ3) is 4.50. The van der Waals surface area contributed by atoms with Crippen LogP contribution in [0, 0.1) is 29.6 Å². The summed E-state index contributed by atoms with van der Waals surface area (Å²) in [6, 6.07) is 20.3. The van der Waals surface area contributed by atoms with Crippen molar-refractivity contribution >= 4 is 22.5 Å². The monoisotopic (exact) mass is 520 g/mol. The van der Waals surface area contributed by atoms with Crippen molar-refractivity contribution < 1.29 is 4.74 Å². The molecule has 4 heterocycles. The minimum Gasteiger partial charge on any atom is -0.486 e. The quantitative estimate of drug-likeness (QED) is 0.307. The number of halogens is 1. The summed E-state index contributed by atoms with van der Waals surface area (Å²) >= 11 is 6.54. The largest absolute Gasteiger partial charge is 0.486 e. The number of benzene rings is 1. The third-order valence-corrected chi connectivity index (χ3v) is 6.72. The number of para-hydroxylation sites is 1. The van der Waals surface area contributed by atoms with Gasteiger partial charge in [-0.3, -0.25) is 9.78 Å². The van der Waals surface area contributed by atoms with Crippen molar-refractivity contribution in [2.45, 2.75) is 20.1 Å². The molecule has 4 aromatic heterocycles. The summed E-state index contributed by atoms with van der Waals surface area (Å²) in [5, 5.41) is 19.9. The molecule has 0 aliphatic carbocycles. The molecule has 0 N–H and O–H groups in total. The normalized spacial score (nSPS) is 10.8. The molecule has 5 aromatic rings. The highest BCUT2D eigenvalue weighted by Crippen LogP contribution is 2.34. The highest BCUT2D eigenvalue weighted by molar-refractivity contribution is 6.31. The number of pyridine rings is 3. The maximum Gasteiger partial charge on any atom is 0.268 e. The predicted molar refractivity (Wildman–Crippen MR) is 144 cm³/mol. The van der Waals surface area contributed by atoms with Crippen LogP contribution in [0.1, 0.15) is 28.2 Å². The van der Waals surface area contributed by atoms with Gasteiger partial charge in [0.25, 0.3) is 5.56 Å². The Balaban J connectivity index is 1.52. The van der Waals surface area contributed by atoms with E-state index in [4.69, 9.17) is 21.3 Å². The average Bonchev–Trinajstić information content (AvgIpc) is 3.29. The molecule has 0 aliphatic heterocycles. The second kappa shape index (κ2) is 10.2. The van der Waals surface area contributed by atoms with Gasteiger partial charge >= 0.3 is 0 Å². The van der Waals surface area contributed by atoms with Crippen LogP contribution in [0.3, 0.4) is 0 Å². The maximum absolute atomic E-state index is 12.6. The predicted octanol–water partition coefficient (Wildman–Crippen LogP) is 5.13.